The fourth-order valence-electron chi connectivity index (χ4n) is 3.05. The van der Waals surface area contributed by atoms with E-state index in [1.807, 2.05) is 0 Å². The summed E-state index contributed by atoms with van der Waals surface area (Å²) in [5, 5.41) is 0.288. The van der Waals surface area contributed by atoms with Gasteiger partial charge >= 0.3 is 0 Å². The first-order chi connectivity index (χ1) is 12.4. The second kappa shape index (κ2) is 6.21. The summed E-state index contributed by atoms with van der Waals surface area (Å²) in [6.45, 7) is 1.32. The molecule has 0 spiro atoms. The Morgan fingerprint density at radius 3 is 1.96 bits per heavy atom. The molecule has 1 aliphatic carbocycles. The molecule has 0 amide bonds. The first kappa shape index (κ1) is 17.5. The predicted octanol–water partition coefficient (Wildman–Crippen LogP) is 2.54. The van der Waals surface area contributed by atoms with Crippen LogP contribution in [0.4, 0.5) is 0 Å². The predicted molar refractivity (Wildman–Crippen MR) is 89.0 cm³/mol. The molecule has 0 bridgehead atoms. The second-order valence-electron chi connectivity index (χ2n) is 5.45. The van der Waals surface area contributed by atoms with Crippen molar-refractivity contribution in [1.82, 2.24) is 0 Å². The molecule has 1 aromatic carbocycles. The Morgan fingerprint density at radius 1 is 0.885 bits per heavy atom. The van der Waals surface area contributed by atoms with Crippen molar-refractivity contribution in [2.24, 2.45) is 0 Å². The maximum atomic E-state index is 12.9. The van der Waals surface area contributed by atoms with E-state index in [0.29, 0.717) is 0 Å². The first-order valence-electron chi connectivity index (χ1n) is 7.55. The third kappa shape index (κ3) is 2.18. The van der Waals surface area contributed by atoms with Gasteiger partial charge in [0.25, 0.3) is 0 Å². The number of methoxy groups -OCH3 is 4. The number of hydrogen-bond acceptors (Lipinski definition) is 8. The summed E-state index contributed by atoms with van der Waals surface area (Å²) in [6, 6.07) is 1.37. The van der Waals surface area contributed by atoms with Gasteiger partial charge in [-0.05, 0) is 6.07 Å². The van der Waals surface area contributed by atoms with Crippen molar-refractivity contribution < 1.29 is 37.7 Å². The van der Waals surface area contributed by atoms with E-state index < -0.39 is 11.6 Å². The van der Waals surface area contributed by atoms with Crippen LogP contribution >= 0.6 is 0 Å². The van der Waals surface area contributed by atoms with Crippen molar-refractivity contribution in [2.45, 2.75) is 6.92 Å². The maximum absolute atomic E-state index is 12.9. The van der Waals surface area contributed by atoms with Crippen LogP contribution in [0, 0.1) is 0 Å². The number of benzene rings is 1. The van der Waals surface area contributed by atoms with Crippen LogP contribution in [0.25, 0.3) is 11.0 Å². The zero-order valence-corrected chi connectivity index (χ0v) is 14.8. The van der Waals surface area contributed by atoms with Crippen molar-refractivity contribution in [3.05, 3.63) is 34.5 Å². The Morgan fingerprint density at radius 2 is 1.46 bits per heavy atom. The van der Waals surface area contributed by atoms with E-state index in [0.717, 1.165) is 0 Å². The molecule has 0 fully saturated rings. The Labute approximate surface area is 148 Å². The minimum atomic E-state index is -0.578. The number of ketones is 3. The van der Waals surface area contributed by atoms with Crippen LogP contribution in [0.15, 0.2) is 22.0 Å². The third-order valence-corrected chi connectivity index (χ3v) is 4.12. The summed E-state index contributed by atoms with van der Waals surface area (Å²) in [6.07, 6.45) is 0. The quantitative estimate of drug-likeness (QED) is 0.750. The lowest BCUT2D eigenvalue weighted by atomic mass is 9.89. The molecule has 8 nitrogen and oxygen atoms in total. The number of allylic oxidation sites excluding steroid dienone is 2. The van der Waals surface area contributed by atoms with Gasteiger partial charge in [-0.15, -0.1) is 0 Å². The molecule has 3 rings (SSSR count). The van der Waals surface area contributed by atoms with Crippen LogP contribution in [0.3, 0.4) is 0 Å². The Balaban J connectivity index is 2.46. The zero-order valence-electron chi connectivity index (χ0n) is 14.8. The van der Waals surface area contributed by atoms with E-state index in [1.54, 1.807) is 0 Å². The lowest BCUT2D eigenvalue weighted by Crippen LogP contribution is -2.24. The van der Waals surface area contributed by atoms with E-state index in [2.05, 4.69) is 0 Å². The Hall–Kier alpha value is -3.29. The highest BCUT2D eigenvalue weighted by Gasteiger charge is 2.39. The minimum absolute atomic E-state index is 0.00291. The Kier molecular flexibility index (Phi) is 4.19. The van der Waals surface area contributed by atoms with Crippen molar-refractivity contribution >= 4 is 28.3 Å². The van der Waals surface area contributed by atoms with Gasteiger partial charge in [-0.2, -0.15) is 0 Å². The van der Waals surface area contributed by atoms with E-state index in [-0.39, 0.29) is 56.7 Å². The van der Waals surface area contributed by atoms with E-state index >= 15 is 0 Å². The molecule has 0 saturated heterocycles. The van der Waals surface area contributed by atoms with Crippen LogP contribution in [0.1, 0.15) is 38.2 Å². The van der Waals surface area contributed by atoms with Crippen molar-refractivity contribution in [1.29, 1.82) is 0 Å². The highest BCUT2D eigenvalue weighted by Crippen LogP contribution is 2.45. The normalized spacial score (nSPS) is 13.7. The molecule has 0 radical (unpaired) electrons. The van der Waals surface area contributed by atoms with Gasteiger partial charge in [0.05, 0.1) is 34.0 Å². The Bertz CT molecular complexity index is 993. The fraction of sp³-hybridized carbons (Fsp3) is 0.278. The number of carbonyl (C=O) groups excluding carboxylic acids is 3. The summed E-state index contributed by atoms with van der Waals surface area (Å²) < 4.78 is 26.4. The van der Waals surface area contributed by atoms with Crippen LogP contribution in [-0.2, 0) is 9.47 Å². The molecule has 0 atom stereocenters. The molecule has 0 unspecified atom stereocenters. The van der Waals surface area contributed by atoms with Gasteiger partial charge in [-0.25, -0.2) is 0 Å². The van der Waals surface area contributed by atoms with Gasteiger partial charge < -0.3 is 23.4 Å². The molecular formula is C18H16O8. The highest BCUT2D eigenvalue weighted by atomic mass is 16.5. The summed E-state index contributed by atoms with van der Waals surface area (Å²) in [5.74, 6) is -1.78. The summed E-state index contributed by atoms with van der Waals surface area (Å²) in [7, 11) is 5.24. The SMILES string of the molecule is COC1=C(OC)C(=O)c2c(cc3oc(C(C)=O)c(OC)c3c2OC)C1=O. The summed E-state index contributed by atoms with van der Waals surface area (Å²) >= 11 is 0. The standard InChI is InChI=1S/C18H16O8/c1-7(19)14-16(23-3)11-9(26-14)6-8-10(15(11)22-2)13(21)18(25-5)17(24-4)12(8)20/h6H,1-5H3. The van der Waals surface area contributed by atoms with Crippen LogP contribution in [-0.4, -0.2) is 45.8 Å². The van der Waals surface area contributed by atoms with E-state index in [9.17, 15) is 14.4 Å². The molecule has 136 valence electrons. The zero-order chi connectivity index (χ0) is 19.2. The van der Waals surface area contributed by atoms with Gasteiger partial charge in [0, 0.05) is 12.5 Å². The van der Waals surface area contributed by atoms with Crippen LogP contribution in [0.2, 0.25) is 0 Å². The molecule has 0 aliphatic heterocycles. The highest BCUT2D eigenvalue weighted by molar-refractivity contribution is 6.28. The van der Waals surface area contributed by atoms with Crippen LogP contribution < -0.4 is 9.47 Å². The number of ether oxygens (including phenoxy) is 4. The van der Waals surface area contributed by atoms with Gasteiger partial charge in [0.15, 0.2) is 11.5 Å². The largest absolute Gasteiger partial charge is 0.495 e. The number of hydrogen-bond donors (Lipinski definition) is 0. The second-order valence-corrected chi connectivity index (χ2v) is 5.45. The van der Waals surface area contributed by atoms with Gasteiger partial charge in [0.1, 0.15) is 16.7 Å². The first-order valence-corrected chi connectivity index (χ1v) is 7.55. The molecule has 1 aliphatic rings. The topological polar surface area (TPSA) is 101 Å². The molecule has 1 aromatic heterocycles. The molecule has 0 N–H and O–H groups in total. The number of rotatable bonds is 5. The van der Waals surface area contributed by atoms with Gasteiger partial charge in [0.2, 0.25) is 28.8 Å². The van der Waals surface area contributed by atoms with Crippen molar-refractivity contribution in [3.63, 3.8) is 0 Å². The smallest absolute Gasteiger partial charge is 0.236 e. The molecule has 8 heteroatoms. The third-order valence-electron chi connectivity index (χ3n) is 4.12. The molecule has 1 heterocycles. The number of furan rings is 1. The van der Waals surface area contributed by atoms with Crippen molar-refractivity contribution in [3.8, 4) is 11.5 Å². The monoisotopic (exact) mass is 360 g/mol. The van der Waals surface area contributed by atoms with E-state index in [1.165, 1.54) is 41.4 Å². The molecular weight excluding hydrogens is 344 g/mol. The summed E-state index contributed by atoms with van der Waals surface area (Å²) in [5.41, 5.74) is 0.209. The number of carbonyl (C=O) groups is 3. The van der Waals surface area contributed by atoms with Gasteiger partial charge in [-0.3, -0.25) is 14.4 Å². The van der Waals surface area contributed by atoms with E-state index in [4.69, 9.17) is 23.4 Å². The average molecular weight is 360 g/mol. The van der Waals surface area contributed by atoms with Crippen LogP contribution in [0.5, 0.6) is 11.5 Å². The summed E-state index contributed by atoms with van der Waals surface area (Å²) in [4.78, 5) is 37.5. The number of Topliss-reactive ketones (excluding diaryl/α,β-unsaturated/α-hetero) is 3. The van der Waals surface area contributed by atoms with Gasteiger partial charge in [-0.1, -0.05) is 0 Å². The fourth-order valence-corrected chi connectivity index (χ4v) is 3.05. The maximum Gasteiger partial charge on any atom is 0.236 e. The lowest BCUT2D eigenvalue weighted by Gasteiger charge is -2.21. The molecule has 26 heavy (non-hydrogen) atoms. The van der Waals surface area contributed by atoms with Crippen molar-refractivity contribution in [2.75, 3.05) is 28.4 Å². The minimum Gasteiger partial charge on any atom is -0.495 e. The average Bonchev–Trinajstić information content (AvgIpc) is 3.01. The number of fused-ring (bicyclic) bond motifs is 2. The lowest BCUT2D eigenvalue weighted by molar-refractivity contribution is 0.0827. The molecule has 0 saturated carbocycles. The molecule has 2 aromatic rings.